The molecule has 0 aliphatic carbocycles. The van der Waals surface area contributed by atoms with Crippen molar-refractivity contribution in [2.24, 2.45) is 13.0 Å². The lowest BCUT2D eigenvalue weighted by Crippen LogP contribution is -2.28. The van der Waals surface area contributed by atoms with E-state index >= 15 is 0 Å². The van der Waals surface area contributed by atoms with Crippen LogP contribution in [0.5, 0.6) is 0 Å². The van der Waals surface area contributed by atoms with Gasteiger partial charge in [-0.25, -0.2) is 0 Å². The third-order valence-electron chi connectivity index (χ3n) is 4.11. The smallest absolute Gasteiger partial charge is 0.268 e. The van der Waals surface area contributed by atoms with E-state index in [0.717, 1.165) is 48.5 Å². The van der Waals surface area contributed by atoms with Crippen LogP contribution in [0.3, 0.4) is 0 Å². The van der Waals surface area contributed by atoms with Crippen LogP contribution in [0.25, 0.3) is 12.7 Å². The minimum Gasteiger partial charge on any atom is -0.303 e. The number of aromatic nitrogens is 1. The number of Topliss-reactive ketones (excluding diaryl/α,β-unsaturated/α-hetero) is 1. The fourth-order valence-corrected chi connectivity index (χ4v) is 6.44. The Hall–Kier alpha value is -0.470. The third-order valence-corrected chi connectivity index (χ3v) is 9.10. The van der Waals surface area contributed by atoms with Gasteiger partial charge in [-0.05, 0) is 35.5 Å². The second-order valence-corrected chi connectivity index (χ2v) is 13.4. The van der Waals surface area contributed by atoms with E-state index in [0.29, 0.717) is 11.3 Å². The molecule has 2 rings (SSSR count). The maximum atomic E-state index is 11.8. The zero-order valence-electron chi connectivity index (χ0n) is 17.8. The summed E-state index contributed by atoms with van der Waals surface area (Å²) in [7, 11) is 3.53. The Balaban J connectivity index is 0.000000280. The SMILES string of the molecule is C=C1S/C(=C/C)C(=O)C1CPC(C)C.C=c1s/c(=C\CPC(C)C)c(=O)n1C. The lowest BCUT2D eigenvalue weighted by Gasteiger charge is -2.10. The van der Waals surface area contributed by atoms with Crippen molar-refractivity contribution in [3.63, 3.8) is 0 Å². The Kier molecular flexibility index (Phi) is 11.2. The van der Waals surface area contributed by atoms with Gasteiger partial charge in [0, 0.05) is 7.05 Å². The number of carbonyl (C=O) groups excluding carboxylic acids is 1. The van der Waals surface area contributed by atoms with Gasteiger partial charge in [-0.2, -0.15) is 0 Å². The van der Waals surface area contributed by atoms with Crippen molar-refractivity contribution >= 4 is 58.7 Å². The molecule has 0 bridgehead atoms. The Bertz CT molecular complexity index is 881. The van der Waals surface area contributed by atoms with Crippen LogP contribution in [0, 0.1) is 5.92 Å². The fraction of sp³-hybridized carbons (Fsp3) is 0.524. The quantitative estimate of drug-likeness (QED) is 0.476. The van der Waals surface area contributed by atoms with Crippen LogP contribution >= 0.6 is 40.3 Å². The molecule has 7 heteroatoms. The molecule has 1 saturated heterocycles. The number of nitrogens with zero attached hydrogens (tertiary/aromatic N) is 1. The van der Waals surface area contributed by atoms with E-state index in [1.54, 1.807) is 23.4 Å². The largest absolute Gasteiger partial charge is 0.303 e. The number of rotatable bonds is 6. The van der Waals surface area contributed by atoms with Crippen molar-refractivity contribution in [2.45, 2.75) is 45.9 Å². The maximum absolute atomic E-state index is 11.8. The number of hydrogen-bond acceptors (Lipinski definition) is 4. The van der Waals surface area contributed by atoms with E-state index in [-0.39, 0.29) is 17.3 Å². The molecule has 28 heavy (non-hydrogen) atoms. The summed E-state index contributed by atoms with van der Waals surface area (Å²) in [6.07, 6.45) is 5.93. The normalized spacial score (nSPS) is 19.9. The molecule has 0 N–H and O–H groups in total. The molecule has 0 saturated carbocycles. The highest BCUT2D eigenvalue weighted by Gasteiger charge is 2.32. The molecule has 3 nitrogen and oxygen atoms in total. The molecule has 1 aliphatic rings. The number of thioether (sulfide) groups is 1. The second-order valence-electron chi connectivity index (χ2n) is 7.19. The van der Waals surface area contributed by atoms with E-state index < -0.39 is 0 Å². The fourth-order valence-electron chi connectivity index (χ4n) is 2.38. The highest BCUT2D eigenvalue weighted by atomic mass is 32.2. The molecule has 3 unspecified atom stereocenters. The van der Waals surface area contributed by atoms with Gasteiger partial charge < -0.3 is 4.57 Å². The Morgan fingerprint density at radius 1 is 1.14 bits per heavy atom. The summed E-state index contributed by atoms with van der Waals surface area (Å²) in [6, 6.07) is 0. The first-order valence-corrected chi connectivity index (χ1v) is 13.7. The molecular formula is C21H33NO2P2S2. The first-order chi connectivity index (χ1) is 13.1. The van der Waals surface area contributed by atoms with E-state index in [1.165, 1.54) is 11.3 Å². The standard InChI is InChI=1S/C11H17OPS.C10H16NOPS/c1-5-10-11(12)9(8(4)14-10)6-13-7(2)3;1-7(2)13-6-5-9-10(12)11(4)8(3)14-9/h5,7,9,13H,4,6H2,1-3H3;5,7,13H,3,6H2,1-2,4H3/b10-5+;9-5-. The molecule has 2 heterocycles. The molecule has 1 aromatic heterocycles. The van der Waals surface area contributed by atoms with Gasteiger partial charge in [-0.15, -0.1) is 28.5 Å². The topological polar surface area (TPSA) is 39.1 Å². The molecule has 156 valence electrons. The molecule has 3 atom stereocenters. The Morgan fingerprint density at radius 2 is 1.75 bits per heavy atom. The van der Waals surface area contributed by atoms with E-state index in [1.807, 2.05) is 19.1 Å². The van der Waals surface area contributed by atoms with Crippen molar-refractivity contribution < 1.29 is 4.79 Å². The number of thiazole rings is 1. The number of ketones is 1. The molecule has 1 aromatic rings. The van der Waals surface area contributed by atoms with E-state index in [4.69, 9.17) is 0 Å². The summed E-state index contributed by atoms with van der Waals surface area (Å²) in [5, 5.41) is 0. The Morgan fingerprint density at radius 3 is 2.18 bits per heavy atom. The van der Waals surface area contributed by atoms with Gasteiger partial charge in [0.1, 0.15) is 0 Å². The number of carbonyl (C=O) groups is 1. The first kappa shape index (κ1) is 25.6. The summed E-state index contributed by atoms with van der Waals surface area (Å²) in [5.74, 6) is 0.377. The summed E-state index contributed by atoms with van der Waals surface area (Å²) >= 11 is 3.04. The van der Waals surface area contributed by atoms with Crippen LogP contribution in [0.15, 0.2) is 27.3 Å². The van der Waals surface area contributed by atoms with E-state index in [9.17, 15) is 9.59 Å². The maximum Gasteiger partial charge on any atom is 0.268 e. The van der Waals surface area contributed by atoms with Crippen LogP contribution in [-0.2, 0) is 11.8 Å². The average Bonchev–Trinajstić information content (AvgIpc) is 3.03. The zero-order chi connectivity index (χ0) is 21.4. The average molecular weight is 458 g/mol. The van der Waals surface area contributed by atoms with E-state index in [2.05, 4.69) is 40.9 Å². The van der Waals surface area contributed by atoms with Crippen LogP contribution in [0.4, 0.5) is 0 Å². The minimum absolute atomic E-state index is 0.0898. The number of hydrogen-bond donors (Lipinski definition) is 0. The van der Waals surface area contributed by atoms with Crippen LogP contribution in [0.2, 0.25) is 0 Å². The van der Waals surface area contributed by atoms with Crippen LogP contribution in [-0.4, -0.2) is 34.0 Å². The number of allylic oxidation sites excluding steroid dienone is 3. The van der Waals surface area contributed by atoms with Crippen molar-refractivity contribution in [1.82, 2.24) is 4.57 Å². The van der Waals surface area contributed by atoms with Gasteiger partial charge in [0.15, 0.2) is 5.78 Å². The predicted molar refractivity (Wildman–Crippen MR) is 134 cm³/mol. The van der Waals surface area contributed by atoms with Gasteiger partial charge in [0.05, 0.1) is 20.0 Å². The molecule has 0 amide bonds. The van der Waals surface area contributed by atoms with Gasteiger partial charge in [0.25, 0.3) is 5.56 Å². The molecule has 1 fully saturated rings. The van der Waals surface area contributed by atoms with Crippen molar-refractivity contribution in [3.05, 3.63) is 42.0 Å². The molecule has 1 aliphatic heterocycles. The van der Waals surface area contributed by atoms with Crippen LogP contribution < -0.4 is 14.8 Å². The second kappa shape index (κ2) is 12.3. The summed E-state index contributed by atoms with van der Waals surface area (Å²) in [6.45, 7) is 18.5. The zero-order valence-corrected chi connectivity index (χ0v) is 21.4. The van der Waals surface area contributed by atoms with Crippen LogP contribution in [0.1, 0.15) is 34.6 Å². The van der Waals surface area contributed by atoms with Crippen molar-refractivity contribution in [3.8, 4) is 0 Å². The Labute approximate surface area is 181 Å². The summed E-state index contributed by atoms with van der Waals surface area (Å²) in [4.78, 5) is 25.3. The van der Waals surface area contributed by atoms with Crippen molar-refractivity contribution in [1.29, 1.82) is 0 Å². The molecular weight excluding hydrogens is 424 g/mol. The summed E-state index contributed by atoms with van der Waals surface area (Å²) < 4.78 is 3.27. The summed E-state index contributed by atoms with van der Waals surface area (Å²) in [5.41, 5.74) is 1.50. The lowest BCUT2D eigenvalue weighted by atomic mass is 10.1. The molecule has 0 spiro atoms. The van der Waals surface area contributed by atoms with Gasteiger partial charge >= 0.3 is 0 Å². The van der Waals surface area contributed by atoms with Gasteiger partial charge in [0.2, 0.25) is 0 Å². The highest BCUT2D eigenvalue weighted by molar-refractivity contribution is 8.08. The van der Waals surface area contributed by atoms with Gasteiger partial charge in [-0.1, -0.05) is 64.8 Å². The first-order valence-electron chi connectivity index (χ1n) is 9.47. The predicted octanol–water partition coefficient (Wildman–Crippen LogP) is 4.15. The van der Waals surface area contributed by atoms with Crippen molar-refractivity contribution in [2.75, 3.05) is 12.3 Å². The molecule has 0 aromatic carbocycles. The monoisotopic (exact) mass is 457 g/mol. The molecule has 0 radical (unpaired) electrons. The minimum atomic E-state index is 0.0898. The van der Waals surface area contributed by atoms with Gasteiger partial charge in [-0.3, -0.25) is 9.59 Å². The lowest BCUT2D eigenvalue weighted by molar-refractivity contribution is -0.116. The third kappa shape index (κ3) is 7.75. The highest BCUT2D eigenvalue weighted by Crippen LogP contribution is 2.43.